The van der Waals surface area contributed by atoms with Crippen LogP contribution in [0.3, 0.4) is 0 Å². The molecule has 9 nitrogen and oxygen atoms in total. The Balaban J connectivity index is 1.37. The number of esters is 1. The molecule has 1 aliphatic heterocycles. The van der Waals surface area contributed by atoms with Crippen molar-refractivity contribution in [3.8, 4) is 0 Å². The Morgan fingerprint density at radius 1 is 0.853 bits per heavy atom. The topological polar surface area (TPSA) is 122 Å². The van der Waals surface area contributed by atoms with Crippen LogP contribution in [-0.2, 0) is 26.0 Å². The van der Waals surface area contributed by atoms with E-state index < -0.39 is 34.4 Å². The van der Waals surface area contributed by atoms with Gasteiger partial charge in [0.1, 0.15) is 0 Å². The lowest BCUT2D eigenvalue weighted by Crippen LogP contribution is -2.43. The zero-order valence-corrected chi connectivity index (χ0v) is 18.7. The van der Waals surface area contributed by atoms with E-state index >= 15 is 0 Å². The molecule has 0 spiro atoms. The largest absolute Gasteiger partial charge is 0.452 e. The molecule has 1 aliphatic rings. The van der Waals surface area contributed by atoms with Crippen LogP contribution < -0.4 is 15.2 Å². The van der Waals surface area contributed by atoms with Gasteiger partial charge < -0.3 is 4.74 Å². The summed E-state index contributed by atoms with van der Waals surface area (Å²) >= 11 is 0. The standard InChI is InChI=1S/C24H21N3O6S/c28-22(25-26-23(29)18-8-2-1-3-9-18)16-33-24(30)19-10-6-11-20(15-19)34(31,32)27-14-13-17-7-4-5-12-21(17)27/h1-12,15H,13-14,16H2,(H,25,28)(H,26,29). The summed E-state index contributed by atoms with van der Waals surface area (Å²) in [7, 11) is -3.89. The minimum absolute atomic E-state index is 0.0188. The number of anilines is 1. The van der Waals surface area contributed by atoms with Crippen molar-refractivity contribution in [2.45, 2.75) is 11.3 Å². The monoisotopic (exact) mass is 479 g/mol. The summed E-state index contributed by atoms with van der Waals surface area (Å²) in [5, 5.41) is 0. The molecule has 10 heteroatoms. The molecule has 0 saturated carbocycles. The van der Waals surface area contributed by atoms with E-state index in [2.05, 4.69) is 10.9 Å². The number of fused-ring (bicyclic) bond motifs is 1. The molecule has 0 saturated heterocycles. The fourth-order valence-electron chi connectivity index (χ4n) is 3.51. The highest BCUT2D eigenvalue weighted by Crippen LogP contribution is 2.32. The van der Waals surface area contributed by atoms with Crippen LogP contribution in [-0.4, -0.2) is 39.4 Å². The fourth-order valence-corrected chi connectivity index (χ4v) is 5.06. The van der Waals surface area contributed by atoms with Crippen LogP contribution in [0.2, 0.25) is 0 Å². The molecular weight excluding hydrogens is 458 g/mol. The molecule has 2 N–H and O–H groups in total. The quantitative estimate of drug-likeness (QED) is 0.412. The summed E-state index contributed by atoms with van der Waals surface area (Å²) in [6.07, 6.45) is 0.604. The first-order valence-electron chi connectivity index (χ1n) is 10.4. The van der Waals surface area contributed by atoms with E-state index in [1.54, 1.807) is 42.5 Å². The normalized spacial score (nSPS) is 12.5. The summed E-state index contributed by atoms with van der Waals surface area (Å²) in [6.45, 7) is -0.352. The maximum Gasteiger partial charge on any atom is 0.338 e. The second-order valence-corrected chi connectivity index (χ2v) is 9.29. The number of sulfonamides is 1. The van der Waals surface area contributed by atoms with Gasteiger partial charge in [-0.1, -0.05) is 42.5 Å². The number of para-hydroxylation sites is 1. The first-order chi connectivity index (χ1) is 16.4. The Labute approximate surface area is 196 Å². The SMILES string of the molecule is O=C(COC(=O)c1cccc(S(=O)(=O)N2CCc3ccccc32)c1)NNC(=O)c1ccccc1. The van der Waals surface area contributed by atoms with Crippen LogP contribution in [0.5, 0.6) is 0 Å². The number of benzene rings is 3. The first kappa shape index (κ1) is 23.0. The van der Waals surface area contributed by atoms with Gasteiger partial charge in [0.25, 0.3) is 21.8 Å². The highest BCUT2D eigenvalue weighted by molar-refractivity contribution is 7.92. The number of hydrazine groups is 1. The van der Waals surface area contributed by atoms with Crippen molar-refractivity contribution in [1.82, 2.24) is 10.9 Å². The highest BCUT2D eigenvalue weighted by atomic mass is 32.2. The Hall–Kier alpha value is -4.18. The van der Waals surface area contributed by atoms with Gasteiger partial charge in [-0.15, -0.1) is 0 Å². The molecule has 174 valence electrons. The van der Waals surface area contributed by atoms with Gasteiger partial charge in [-0.05, 0) is 48.4 Å². The number of hydrogen-bond donors (Lipinski definition) is 2. The summed E-state index contributed by atoms with van der Waals surface area (Å²) in [4.78, 5) is 36.2. The molecule has 0 radical (unpaired) electrons. The molecule has 0 aromatic heterocycles. The van der Waals surface area contributed by atoms with E-state index in [-0.39, 0.29) is 10.5 Å². The van der Waals surface area contributed by atoms with Crippen molar-refractivity contribution in [3.63, 3.8) is 0 Å². The fraction of sp³-hybridized carbons (Fsp3) is 0.125. The van der Waals surface area contributed by atoms with Crippen LogP contribution in [0, 0.1) is 0 Å². The van der Waals surface area contributed by atoms with E-state index in [0.717, 1.165) is 5.56 Å². The number of nitrogens with one attached hydrogen (secondary N) is 2. The molecule has 3 aromatic rings. The number of amides is 2. The van der Waals surface area contributed by atoms with Gasteiger partial charge in [0.2, 0.25) is 0 Å². The Kier molecular flexibility index (Phi) is 6.60. The van der Waals surface area contributed by atoms with Crippen LogP contribution in [0.4, 0.5) is 5.69 Å². The van der Waals surface area contributed by atoms with Gasteiger partial charge in [0.15, 0.2) is 6.61 Å². The van der Waals surface area contributed by atoms with Gasteiger partial charge in [-0.25, -0.2) is 13.2 Å². The Morgan fingerprint density at radius 2 is 1.56 bits per heavy atom. The molecule has 1 heterocycles. The van der Waals surface area contributed by atoms with Crippen molar-refractivity contribution < 1.29 is 27.5 Å². The molecule has 2 amide bonds. The summed E-state index contributed by atoms with van der Waals surface area (Å²) in [5.74, 6) is -2.15. The molecule has 0 aliphatic carbocycles. The van der Waals surface area contributed by atoms with E-state index in [1.807, 2.05) is 12.1 Å². The third-order valence-electron chi connectivity index (χ3n) is 5.19. The minimum Gasteiger partial charge on any atom is -0.452 e. The lowest BCUT2D eigenvalue weighted by Gasteiger charge is -2.19. The smallest absolute Gasteiger partial charge is 0.338 e. The Bertz CT molecular complexity index is 1340. The third kappa shape index (κ3) is 4.91. The van der Waals surface area contributed by atoms with Crippen molar-refractivity contribution in [3.05, 3.63) is 95.6 Å². The van der Waals surface area contributed by atoms with E-state index in [0.29, 0.717) is 24.2 Å². The number of ether oxygens (including phenoxy) is 1. The molecule has 34 heavy (non-hydrogen) atoms. The van der Waals surface area contributed by atoms with E-state index in [9.17, 15) is 22.8 Å². The number of rotatable bonds is 6. The van der Waals surface area contributed by atoms with Gasteiger partial charge in [-0.2, -0.15) is 0 Å². The van der Waals surface area contributed by atoms with Gasteiger partial charge in [0, 0.05) is 12.1 Å². The van der Waals surface area contributed by atoms with Gasteiger partial charge in [0.05, 0.1) is 16.1 Å². The number of carbonyl (C=O) groups is 3. The molecule has 0 unspecified atom stereocenters. The highest BCUT2D eigenvalue weighted by Gasteiger charge is 2.31. The zero-order valence-electron chi connectivity index (χ0n) is 17.9. The first-order valence-corrected chi connectivity index (χ1v) is 11.8. The second-order valence-electron chi connectivity index (χ2n) is 7.43. The molecule has 3 aromatic carbocycles. The van der Waals surface area contributed by atoms with Crippen LogP contribution >= 0.6 is 0 Å². The van der Waals surface area contributed by atoms with Gasteiger partial charge in [-0.3, -0.25) is 24.7 Å². The molecular formula is C24H21N3O6S. The zero-order chi connectivity index (χ0) is 24.1. The summed E-state index contributed by atoms with van der Waals surface area (Å²) in [5.41, 5.74) is 6.25. The number of carbonyl (C=O) groups excluding carboxylic acids is 3. The van der Waals surface area contributed by atoms with Crippen LogP contribution in [0.25, 0.3) is 0 Å². The van der Waals surface area contributed by atoms with Crippen LogP contribution in [0.1, 0.15) is 26.3 Å². The van der Waals surface area contributed by atoms with E-state index in [1.165, 1.54) is 28.6 Å². The molecule has 0 fully saturated rings. The maximum absolute atomic E-state index is 13.2. The third-order valence-corrected chi connectivity index (χ3v) is 7.00. The minimum atomic E-state index is -3.89. The summed E-state index contributed by atoms with van der Waals surface area (Å²) < 4.78 is 32.6. The molecule has 4 rings (SSSR count). The average Bonchev–Trinajstić information content (AvgIpc) is 3.31. The van der Waals surface area contributed by atoms with Gasteiger partial charge >= 0.3 is 5.97 Å². The van der Waals surface area contributed by atoms with Crippen molar-refractivity contribution in [1.29, 1.82) is 0 Å². The number of nitrogens with zero attached hydrogens (tertiary/aromatic N) is 1. The average molecular weight is 480 g/mol. The number of hydrogen-bond acceptors (Lipinski definition) is 6. The Morgan fingerprint density at radius 3 is 2.35 bits per heavy atom. The van der Waals surface area contributed by atoms with Crippen molar-refractivity contribution in [2.24, 2.45) is 0 Å². The predicted molar refractivity (Wildman–Crippen MR) is 123 cm³/mol. The maximum atomic E-state index is 13.2. The molecule has 0 bridgehead atoms. The predicted octanol–water partition coefficient (Wildman–Crippen LogP) is 2.06. The second kappa shape index (κ2) is 9.75. The summed E-state index contributed by atoms with van der Waals surface area (Å²) in [6, 6.07) is 20.9. The van der Waals surface area contributed by atoms with Crippen LogP contribution in [0.15, 0.2) is 83.8 Å². The molecule has 0 atom stereocenters. The van der Waals surface area contributed by atoms with Crippen molar-refractivity contribution >= 4 is 33.5 Å². The lowest BCUT2D eigenvalue weighted by molar-refractivity contribution is -0.125. The van der Waals surface area contributed by atoms with Crippen molar-refractivity contribution in [2.75, 3.05) is 17.5 Å². The van der Waals surface area contributed by atoms with E-state index in [4.69, 9.17) is 4.74 Å². The lowest BCUT2D eigenvalue weighted by atomic mass is 10.2.